The standard InChI is InChI=1S/C15H17NO4/c1-20-10-2-5-13-9(8-10)6-7-16(13)14(17)11-3-4-12(11)15(18)19/h2,5,8,11-12H,3-4,6-7H2,1H3,(H,18,19). The Bertz CT molecular complexity index is 569. The van der Waals surface area contributed by atoms with Crippen molar-refractivity contribution in [3.05, 3.63) is 23.8 Å². The maximum absolute atomic E-state index is 12.5. The number of carboxylic acids is 1. The van der Waals surface area contributed by atoms with Gasteiger partial charge in [-0.2, -0.15) is 0 Å². The smallest absolute Gasteiger partial charge is 0.307 e. The first-order chi connectivity index (χ1) is 9.61. The summed E-state index contributed by atoms with van der Waals surface area (Å²) in [5.41, 5.74) is 1.98. The van der Waals surface area contributed by atoms with Gasteiger partial charge in [0.25, 0.3) is 0 Å². The van der Waals surface area contributed by atoms with Crippen molar-refractivity contribution in [3.8, 4) is 5.75 Å². The number of benzene rings is 1. The topological polar surface area (TPSA) is 66.8 Å². The molecule has 2 atom stereocenters. The van der Waals surface area contributed by atoms with E-state index in [2.05, 4.69) is 0 Å². The molecule has 20 heavy (non-hydrogen) atoms. The number of carboxylic acid groups (broad SMARTS) is 1. The molecule has 1 aliphatic heterocycles. The van der Waals surface area contributed by atoms with Gasteiger partial charge in [-0.25, -0.2) is 0 Å². The van der Waals surface area contributed by atoms with Crippen molar-refractivity contribution < 1.29 is 19.4 Å². The van der Waals surface area contributed by atoms with E-state index >= 15 is 0 Å². The Kier molecular flexibility index (Phi) is 3.12. The first kappa shape index (κ1) is 13.0. The number of carbonyl (C=O) groups is 2. The van der Waals surface area contributed by atoms with Crippen LogP contribution in [0.3, 0.4) is 0 Å². The second-order valence-corrected chi connectivity index (χ2v) is 5.36. The highest BCUT2D eigenvalue weighted by atomic mass is 16.5. The molecule has 5 heteroatoms. The first-order valence-electron chi connectivity index (χ1n) is 6.83. The van der Waals surface area contributed by atoms with Gasteiger partial charge < -0.3 is 14.7 Å². The molecule has 1 aromatic carbocycles. The highest BCUT2D eigenvalue weighted by molar-refractivity contribution is 5.99. The van der Waals surface area contributed by atoms with Crippen LogP contribution in [0.1, 0.15) is 18.4 Å². The van der Waals surface area contributed by atoms with Gasteiger partial charge in [0.05, 0.1) is 18.9 Å². The number of hydrogen-bond acceptors (Lipinski definition) is 3. The van der Waals surface area contributed by atoms with Crippen LogP contribution in [-0.2, 0) is 16.0 Å². The normalized spacial score (nSPS) is 23.9. The van der Waals surface area contributed by atoms with Crippen LogP contribution in [-0.4, -0.2) is 30.6 Å². The molecule has 1 heterocycles. The Balaban J connectivity index is 1.81. The number of anilines is 1. The minimum atomic E-state index is -0.858. The average molecular weight is 275 g/mol. The number of aliphatic carboxylic acids is 1. The number of ether oxygens (including phenoxy) is 1. The van der Waals surface area contributed by atoms with Gasteiger partial charge in [0.15, 0.2) is 0 Å². The molecule has 1 aliphatic carbocycles. The fourth-order valence-corrected chi connectivity index (χ4v) is 3.03. The van der Waals surface area contributed by atoms with Crippen LogP contribution in [0.4, 0.5) is 5.69 Å². The third-order valence-electron chi connectivity index (χ3n) is 4.36. The lowest BCUT2D eigenvalue weighted by Crippen LogP contribution is -2.45. The van der Waals surface area contributed by atoms with Crippen LogP contribution in [0.15, 0.2) is 18.2 Å². The molecule has 2 unspecified atom stereocenters. The predicted molar refractivity (Wildman–Crippen MR) is 72.9 cm³/mol. The molecule has 1 aromatic rings. The van der Waals surface area contributed by atoms with E-state index < -0.39 is 11.9 Å². The lowest BCUT2D eigenvalue weighted by Gasteiger charge is -2.35. The molecular weight excluding hydrogens is 258 g/mol. The summed E-state index contributed by atoms with van der Waals surface area (Å²) in [6.07, 6.45) is 2.08. The summed E-state index contributed by atoms with van der Waals surface area (Å²) in [6, 6.07) is 5.66. The molecule has 0 bridgehead atoms. The number of methoxy groups -OCH3 is 1. The van der Waals surface area contributed by atoms with Gasteiger partial charge >= 0.3 is 5.97 Å². The summed E-state index contributed by atoms with van der Waals surface area (Å²) in [7, 11) is 1.62. The summed E-state index contributed by atoms with van der Waals surface area (Å²) in [5.74, 6) is -0.994. The molecule has 1 fully saturated rings. The van der Waals surface area contributed by atoms with Crippen LogP contribution in [0.25, 0.3) is 0 Å². The molecule has 1 saturated carbocycles. The molecule has 0 radical (unpaired) electrons. The summed E-state index contributed by atoms with van der Waals surface area (Å²) < 4.78 is 5.18. The molecule has 5 nitrogen and oxygen atoms in total. The van der Waals surface area contributed by atoms with Gasteiger partial charge in [0.2, 0.25) is 5.91 Å². The van der Waals surface area contributed by atoms with Crippen LogP contribution in [0, 0.1) is 11.8 Å². The second kappa shape index (κ2) is 4.81. The summed E-state index contributed by atoms with van der Waals surface area (Å²) in [6.45, 7) is 0.629. The monoisotopic (exact) mass is 275 g/mol. The molecule has 0 saturated heterocycles. The van der Waals surface area contributed by atoms with Gasteiger partial charge in [0, 0.05) is 12.2 Å². The van der Waals surface area contributed by atoms with Crippen molar-refractivity contribution in [2.24, 2.45) is 11.8 Å². The highest BCUT2D eigenvalue weighted by Gasteiger charge is 2.44. The Labute approximate surface area is 117 Å². The van der Waals surface area contributed by atoms with E-state index in [4.69, 9.17) is 9.84 Å². The van der Waals surface area contributed by atoms with Crippen LogP contribution in [0.2, 0.25) is 0 Å². The lowest BCUT2D eigenvalue weighted by molar-refractivity contribution is -0.151. The Morgan fingerprint density at radius 3 is 2.65 bits per heavy atom. The minimum absolute atomic E-state index is 0.0485. The van der Waals surface area contributed by atoms with Gasteiger partial charge in [-0.15, -0.1) is 0 Å². The van der Waals surface area contributed by atoms with E-state index in [1.54, 1.807) is 12.0 Å². The van der Waals surface area contributed by atoms with E-state index in [1.165, 1.54) is 0 Å². The van der Waals surface area contributed by atoms with Crippen molar-refractivity contribution in [3.63, 3.8) is 0 Å². The van der Waals surface area contributed by atoms with Gasteiger partial charge in [-0.1, -0.05) is 0 Å². The van der Waals surface area contributed by atoms with E-state index in [-0.39, 0.29) is 11.8 Å². The van der Waals surface area contributed by atoms with Gasteiger partial charge in [-0.05, 0) is 43.0 Å². The van der Waals surface area contributed by atoms with E-state index in [9.17, 15) is 9.59 Å². The Morgan fingerprint density at radius 1 is 1.30 bits per heavy atom. The third kappa shape index (κ3) is 1.94. The van der Waals surface area contributed by atoms with Crippen molar-refractivity contribution in [2.75, 3.05) is 18.6 Å². The van der Waals surface area contributed by atoms with Gasteiger partial charge in [0.1, 0.15) is 5.75 Å². The Morgan fingerprint density at radius 2 is 2.05 bits per heavy atom. The number of rotatable bonds is 3. The zero-order chi connectivity index (χ0) is 14.3. The molecule has 1 N–H and O–H groups in total. The van der Waals surface area contributed by atoms with Crippen molar-refractivity contribution in [1.82, 2.24) is 0 Å². The van der Waals surface area contributed by atoms with Gasteiger partial charge in [-0.3, -0.25) is 9.59 Å². The maximum atomic E-state index is 12.5. The number of amides is 1. The van der Waals surface area contributed by atoms with Crippen LogP contribution in [0.5, 0.6) is 5.75 Å². The van der Waals surface area contributed by atoms with E-state index in [0.717, 1.165) is 23.4 Å². The quantitative estimate of drug-likeness (QED) is 0.911. The summed E-state index contributed by atoms with van der Waals surface area (Å²) in [5, 5.41) is 9.07. The number of fused-ring (bicyclic) bond motifs is 1. The van der Waals surface area contributed by atoms with Crippen molar-refractivity contribution in [1.29, 1.82) is 0 Å². The lowest BCUT2D eigenvalue weighted by atomic mass is 9.73. The fourth-order valence-electron chi connectivity index (χ4n) is 3.03. The number of nitrogens with zero attached hydrogens (tertiary/aromatic N) is 1. The van der Waals surface area contributed by atoms with Crippen LogP contribution >= 0.6 is 0 Å². The highest BCUT2D eigenvalue weighted by Crippen LogP contribution is 2.39. The Hall–Kier alpha value is -2.04. The molecule has 2 aliphatic rings. The maximum Gasteiger partial charge on any atom is 0.307 e. The molecular formula is C15H17NO4. The number of carbonyl (C=O) groups excluding carboxylic acids is 1. The van der Waals surface area contributed by atoms with E-state index in [0.29, 0.717) is 19.4 Å². The molecule has 3 rings (SSSR count). The molecule has 1 amide bonds. The SMILES string of the molecule is COc1ccc2c(c1)CCN2C(=O)C1CCC1C(=O)O. The van der Waals surface area contributed by atoms with E-state index in [1.807, 2.05) is 18.2 Å². The largest absolute Gasteiger partial charge is 0.497 e. The average Bonchev–Trinajstić information content (AvgIpc) is 2.79. The minimum Gasteiger partial charge on any atom is -0.497 e. The zero-order valence-electron chi connectivity index (χ0n) is 11.3. The number of hydrogen-bond donors (Lipinski definition) is 1. The predicted octanol–water partition coefficient (Wildman–Crippen LogP) is 1.70. The zero-order valence-corrected chi connectivity index (χ0v) is 11.3. The fraction of sp³-hybridized carbons (Fsp3) is 0.467. The summed E-state index contributed by atoms with van der Waals surface area (Å²) in [4.78, 5) is 25.3. The van der Waals surface area contributed by atoms with Crippen molar-refractivity contribution >= 4 is 17.6 Å². The summed E-state index contributed by atoms with van der Waals surface area (Å²) >= 11 is 0. The molecule has 0 aromatic heterocycles. The molecule has 0 spiro atoms. The second-order valence-electron chi connectivity index (χ2n) is 5.36. The van der Waals surface area contributed by atoms with Crippen LogP contribution < -0.4 is 9.64 Å². The third-order valence-corrected chi connectivity index (χ3v) is 4.36. The van der Waals surface area contributed by atoms with Crippen molar-refractivity contribution in [2.45, 2.75) is 19.3 Å². The molecule has 106 valence electrons. The first-order valence-corrected chi connectivity index (χ1v) is 6.83.